The Morgan fingerprint density at radius 1 is 1.12 bits per heavy atom. The van der Waals surface area contributed by atoms with Crippen molar-refractivity contribution >= 4 is 49.4 Å². The van der Waals surface area contributed by atoms with E-state index >= 15 is 0 Å². The number of nitroso groups, excluding NO2 is 1. The predicted molar refractivity (Wildman–Crippen MR) is 97.4 cm³/mol. The first-order valence-corrected chi connectivity index (χ1v) is 8.02. The van der Waals surface area contributed by atoms with Crippen LogP contribution in [0.25, 0.3) is 33.1 Å². The van der Waals surface area contributed by atoms with Crippen LogP contribution in [0.15, 0.2) is 46.0 Å². The van der Waals surface area contributed by atoms with Gasteiger partial charge in [-0.25, -0.2) is 4.79 Å². The quantitative estimate of drug-likeness (QED) is 0.367. The van der Waals surface area contributed by atoms with E-state index in [1.165, 1.54) is 12.1 Å². The molecule has 4 N–H and O–H groups in total. The Morgan fingerprint density at radius 3 is 2.64 bits per heavy atom. The summed E-state index contributed by atoms with van der Waals surface area (Å²) in [5.41, 5.74) is 2.06. The normalized spacial score (nSPS) is 11.2. The largest absolute Gasteiger partial charge is 0.494 e. The van der Waals surface area contributed by atoms with Crippen LogP contribution in [0.1, 0.15) is 10.4 Å². The van der Waals surface area contributed by atoms with Crippen molar-refractivity contribution in [2.75, 3.05) is 0 Å². The van der Waals surface area contributed by atoms with E-state index in [9.17, 15) is 14.8 Å². The van der Waals surface area contributed by atoms with E-state index in [-0.39, 0.29) is 17.1 Å². The molecule has 7 nitrogen and oxygen atoms in total. The molecule has 0 atom stereocenters. The second kappa shape index (κ2) is 5.45. The average molecular weight is 400 g/mol. The van der Waals surface area contributed by atoms with Gasteiger partial charge in [-0.2, -0.15) is 0 Å². The number of benzene rings is 2. The summed E-state index contributed by atoms with van der Waals surface area (Å²) in [6.07, 6.45) is 0. The van der Waals surface area contributed by atoms with E-state index in [1.54, 1.807) is 12.1 Å². The first-order valence-electron chi connectivity index (χ1n) is 7.23. The highest BCUT2D eigenvalue weighted by Gasteiger charge is 2.22. The van der Waals surface area contributed by atoms with Crippen LogP contribution in [-0.4, -0.2) is 26.2 Å². The lowest BCUT2D eigenvalue weighted by Gasteiger charge is -1.99. The number of halogens is 1. The fourth-order valence-corrected chi connectivity index (χ4v) is 3.47. The van der Waals surface area contributed by atoms with E-state index in [0.29, 0.717) is 33.1 Å². The van der Waals surface area contributed by atoms with Crippen LogP contribution < -0.4 is 0 Å². The highest BCUT2D eigenvalue weighted by atomic mass is 79.9. The number of hydrogen-bond donors (Lipinski definition) is 4. The molecule has 2 aromatic carbocycles. The topological polar surface area (TPSA) is 119 Å². The molecule has 0 radical (unpaired) electrons. The van der Waals surface area contributed by atoms with Gasteiger partial charge in [0.15, 0.2) is 5.88 Å². The first-order chi connectivity index (χ1) is 12.0. The van der Waals surface area contributed by atoms with Crippen molar-refractivity contribution in [3.63, 3.8) is 0 Å². The number of carboxylic acids is 1. The third-order valence-electron chi connectivity index (χ3n) is 4.12. The van der Waals surface area contributed by atoms with E-state index < -0.39 is 5.97 Å². The molecular formula is C17H10BrN3O4. The lowest BCUT2D eigenvalue weighted by atomic mass is 10.1. The fraction of sp³-hybridized carbons (Fsp3) is 0. The van der Waals surface area contributed by atoms with E-state index in [1.807, 2.05) is 12.1 Å². The summed E-state index contributed by atoms with van der Waals surface area (Å²) < 4.78 is 0.761. The minimum Gasteiger partial charge on any atom is -0.494 e. The Hall–Kier alpha value is -3.13. The van der Waals surface area contributed by atoms with Crippen molar-refractivity contribution in [2.45, 2.75) is 0 Å². The van der Waals surface area contributed by atoms with Gasteiger partial charge in [-0.1, -0.05) is 12.1 Å². The molecule has 0 unspecified atom stereocenters. The number of aromatic hydroxyl groups is 1. The molecule has 0 fully saturated rings. The van der Waals surface area contributed by atoms with E-state index in [2.05, 4.69) is 31.1 Å². The van der Waals surface area contributed by atoms with Crippen molar-refractivity contribution < 1.29 is 15.0 Å². The van der Waals surface area contributed by atoms with Gasteiger partial charge in [0.2, 0.25) is 0 Å². The molecule has 0 spiro atoms. The van der Waals surface area contributed by atoms with Gasteiger partial charge in [0.25, 0.3) is 0 Å². The molecule has 2 heterocycles. The van der Waals surface area contributed by atoms with Crippen LogP contribution in [0.5, 0.6) is 5.88 Å². The van der Waals surface area contributed by atoms with Crippen molar-refractivity contribution in [3.05, 3.63) is 51.3 Å². The van der Waals surface area contributed by atoms with E-state index in [0.717, 1.165) is 4.47 Å². The molecule has 4 rings (SSSR count). The molecule has 0 aliphatic heterocycles. The SMILES string of the molecule is O=Nc1c(-c2c(O)[nH]c3c(Br)cccc23)[nH]c2ccc(C(=O)O)cc12. The monoisotopic (exact) mass is 399 g/mol. The lowest BCUT2D eigenvalue weighted by molar-refractivity contribution is 0.0697. The maximum atomic E-state index is 11.5. The van der Waals surface area contributed by atoms with Crippen molar-refractivity contribution in [2.24, 2.45) is 5.18 Å². The number of nitrogens with one attached hydrogen (secondary N) is 2. The second-order valence-corrected chi connectivity index (χ2v) is 6.37. The molecule has 8 heteroatoms. The summed E-state index contributed by atoms with van der Waals surface area (Å²) in [6, 6.07) is 9.82. The van der Waals surface area contributed by atoms with E-state index in [4.69, 9.17) is 5.11 Å². The number of rotatable bonds is 3. The molecule has 2 aromatic heterocycles. The predicted octanol–water partition coefficient (Wildman–Crippen LogP) is 4.88. The molecule has 4 aromatic rings. The number of aromatic nitrogens is 2. The highest BCUT2D eigenvalue weighted by molar-refractivity contribution is 9.10. The molecular weight excluding hydrogens is 390 g/mol. The fourth-order valence-electron chi connectivity index (χ4n) is 3.01. The van der Waals surface area contributed by atoms with Crippen LogP contribution in [0.2, 0.25) is 0 Å². The molecule has 0 aliphatic rings. The summed E-state index contributed by atoms with van der Waals surface area (Å²) in [5, 5.41) is 23.7. The zero-order valence-corrected chi connectivity index (χ0v) is 14.1. The number of carboxylic acid groups (broad SMARTS) is 1. The number of fused-ring (bicyclic) bond motifs is 2. The van der Waals surface area contributed by atoms with Gasteiger partial charge in [-0.15, -0.1) is 4.91 Å². The third kappa shape index (κ3) is 2.22. The molecule has 124 valence electrons. The zero-order valence-electron chi connectivity index (χ0n) is 12.5. The lowest BCUT2D eigenvalue weighted by Crippen LogP contribution is -1.94. The summed E-state index contributed by atoms with van der Waals surface area (Å²) in [5.74, 6) is -1.21. The number of nitrogens with zero attached hydrogens (tertiary/aromatic N) is 1. The highest BCUT2D eigenvalue weighted by Crippen LogP contribution is 2.45. The second-order valence-electron chi connectivity index (χ2n) is 5.52. The standard InChI is InChI=1S/C17H10BrN3O4/c18-10-3-1-2-8-12(16(22)20-13(8)10)15-14(21-25)9-6-7(17(23)24)4-5-11(9)19-15/h1-6,19-20,22H,(H,23,24). The zero-order chi connectivity index (χ0) is 17.7. The Balaban J connectivity index is 2.08. The minimum absolute atomic E-state index is 0.0499. The minimum atomic E-state index is -1.10. The van der Waals surface area contributed by atoms with Gasteiger partial charge in [0, 0.05) is 20.8 Å². The maximum Gasteiger partial charge on any atom is 0.335 e. The van der Waals surface area contributed by atoms with Crippen LogP contribution in [-0.2, 0) is 0 Å². The number of aromatic amines is 2. The average Bonchev–Trinajstić information content (AvgIpc) is 3.11. The maximum absolute atomic E-state index is 11.5. The third-order valence-corrected chi connectivity index (χ3v) is 4.78. The van der Waals surface area contributed by atoms with Gasteiger partial charge in [-0.3, -0.25) is 0 Å². The van der Waals surface area contributed by atoms with Crippen molar-refractivity contribution in [1.82, 2.24) is 9.97 Å². The molecule has 0 amide bonds. The summed E-state index contributed by atoms with van der Waals surface area (Å²) >= 11 is 3.41. The van der Waals surface area contributed by atoms with Gasteiger partial charge in [0.05, 0.1) is 22.3 Å². The Bertz CT molecular complexity index is 1180. The smallest absolute Gasteiger partial charge is 0.335 e. The first kappa shape index (κ1) is 15.4. The number of carbonyl (C=O) groups is 1. The summed E-state index contributed by atoms with van der Waals surface area (Å²) in [4.78, 5) is 28.6. The van der Waals surface area contributed by atoms with Gasteiger partial charge in [-0.05, 0) is 45.4 Å². The molecule has 0 bridgehead atoms. The van der Waals surface area contributed by atoms with Crippen LogP contribution >= 0.6 is 15.9 Å². The van der Waals surface area contributed by atoms with Crippen LogP contribution in [0.3, 0.4) is 0 Å². The van der Waals surface area contributed by atoms with Gasteiger partial charge in [0.1, 0.15) is 5.69 Å². The number of aromatic carboxylic acids is 1. The Morgan fingerprint density at radius 2 is 1.92 bits per heavy atom. The van der Waals surface area contributed by atoms with Crippen LogP contribution in [0, 0.1) is 4.91 Å². The van der Waals surface area contributed by atoms with Crippen molar-refractivity contribution in [3.8, 4) is 17.1 Å². The number of H-pyrrole nitrogens is 2. The Labute approximate surface area is 148 Å². The summed E-state index contributed by atoms with van der Waals surface area (Å²) in [6.45, 7) is 0. The summed E-state index contributed by atoms with van der Waals surface area (Å²) in [7, 11) is 0. The van der Waals surface area contributed by atoms with Crippen LogP contribution in [0.4, 0.5) is 5.69 Å². The van der Waals surface area contributed by atoms with Gasteiger partial charge < -0.3 is 20.2 Å². The molecule has 0 aliphatic carbocycles. The Kier molecular flexibility index (Phi) is 3.36. The van der Waals surface area contributed by atoms with Gasteiger partial charge >= 0.3 is 5.97 Å². The van der Waals surface area contributed by atoms with Crippen molar-refractivity contribution in [1.29, 1.82) is 0 Å². The molecule has 0 saturated carbocycles. The number of hydrogen-bond acceptors (Lipinski definition) is 4. The number of para-hydroxylation sites is 1. The molecule has 0 saturated heterocycles. The molecule has 25 heavy (non-hydrogen) atoms.